The summed E-state index contributed by atoms with van der Waals surface area (Å²) in [7, 11) is 0. The van der Waals surface area contributed by atoms with Crippen molar-refractivity contribution in [3.05, 3.63) is 34.3 Å². The molecule has 0 fully saturated rings. The zero-order chi connectivity index (χ0) is 15.1. The quantitative estimate of drug-likeness (QED) is 0.887. The highest BCUT2D eigenvalue weighted by Gasteiger charge is 2.20. The number of fused-ring (bicyclic) bond motifs is 2. The fourth-order valence-corrected chi connectivity index (χ4v) is 4.47. The summed E-state index contributed by atoms with van der Waals surface area (Å²) in [5.41, 5.74) is 2.35. The monoisotopic (exact) mass is 331 g/mol. The Balaban J connectivity index is 1.54. The summed E-state index contributed by atoms with van der Waals surface area (Å²) in [6, 6.07) is 5.37. The number of hydrogen-bond donors (Lipinski definition) is 2. The van der Waals surface area contributed by atoms with Crippen molar-refractivity contribution in [3.63, 3.8) is 0 Å². The number of anilines is 2. The van der Waals surface area contributed by atoms with Gasteiger partial charge in [0.15, 0.2) is 5.13 Å². The molecule has 2 aromatic rings. The van der Waals surface area contributed by atoms with E-state index in [4.69, 9.17) is 0 Å². The Hall–Kier alpha value is -1.86. The lowest BCUT2D eigenvalue weighted by atomic mass is 10.2. The number of thioether (sulfide) groups is 1. The summed E-state index contributed by atoms with van der Waals surface area (Å²) < 4.78 is 0. The molecule has 0 spiro atoms. The molecule has 1 aliphatic carbocycles. The summed E-state index contributed by atoms with van der Waals surface area (Å²) in [5.74, 6) is 0.190. The molecule has 2 amide bonds. The topological polar surface area (TPSA) is 71.1 Å². The molecule has 5 nitrogen and oxygen atoms in total. The van der Waals surface area contributed by atoms with Crippen LogP contribution in [-0.4, -0.2) is 22.6 Å². The molecule has 0 radical (unpaired) electrons. The summed E-state index contributed by atoms with van der Waals surface area (Å²) in [6.45, 7) is 0. The Bertz CT molecular complexity index is 764. The molecule has 0 bridgehead atoms. The van der Waals surface area contributed by atoms with Crippen LogP contribution >= 0.6 is 23.1 Å². The van der Waals surface area contributed by atoms with Crippen LogP contribution in [0.1, 0.15) is 27.3 Å². The number of aromatic nitrogens is 1. The third-order valence-corrected chi connectivity index (χ3v) is 5.84. The van der Waals surface area contributed by atoms with Crippen LogP contribution in [0.5, 0.6) is 0 Å². The fourth-order valence-electron chi connectivity index (χ4n) is 2.64. The summed E-state index contributed by atoms with van der Waals surface area (Å²) in [5, 5.41) is 6.31. The zero-order valence-electron chi connectivity index (χ0n) is 11.6. The van der Waals surface area contributed by atoms with Gasteiger partial charge < -0.3 is 5.32 Å². The van der Waals surface area contributed by atoms with E-state index in [2.05, 4.69) is 15.6 Å². The Kier molecular flexibility index (Phi) is 3.38. The van der Waals surface area contributed by atoms with E-state index in [-0.39, 0.29) is 11.8 Å². The van der Waals surface area contributed by atoms with Gasteiger partial charge in [0.1, 0.15) is 0 Å². The van der Waals surface area contributed by atoms with Crippen molar-refractivity contribution in [3.8, 4) is 0 Å². The van der Waals surface area contributed by atoms with Crippen molar-refractivity contribution < 1.29 is 9.59 Å². The van der Waals surface area contributed by atoms with Gasteiger partial charge in [0, 0.05) is 15.3 Å². The lowest BCUT2D eigenvalue weighted by Gasteiger charge is -2.16. The van der Waals surface area contributed by atoms with E-state index in [1.165, 1.54) is 16.6 Å². The predicted molar refractivity (Wildman–Crippen MR) is 87.9 cm³/mol. The van der Waals surface area contributed by atoms with Crippen molar-refractivity contribution in [2.75, 3.05) is 16.4 Å². The molecule has 0 unspecified atom stereocenters. The lowest BCUT2D eigenvalue weighted by Crippen LogP contribution is -2.19. The molecule has 1 aliphatic heterocycles. The van der Waals surface area contributed by atoms with Gasteiger partial charge in [-0.3, -0.25) is 14.9 Å². The SMILES string of the molecule is O=C1CSc2ccc(C(=O)Nc3nc4c(s3)CCC4)cc2N1. The molecule has 0 saturated carbocycles. The van der Waals surface area contributed by atoms with Gasteiger partial charge in [-0.05, 0) is 37.5 Å². The molecule has 2 aliphatic rings. The van der Waals surface area contributed by atoms with Crippen LogP contribution in [0, 0.1) is 0 Å². The van der Waals surface area contributed by atoms with Gasteiger partial charge in [-0.25, -0.2) is 4.98 Å². The van der Waals surface area contributed by atoms with Gasteiger partial charge >= 0.3 is 0 Å². The van der Waals surface area contributed by atoms with Gasteiger partial charge in [0.05, 0.1) is 17.1 Å². The van der Waals surface area contributed by atoms with Crippen LogP contribution in [0.3, 0.4) is 0 Å². The van der Waals surface area contributed by atoms with Crippen LogP contribution in [-0.2, 0) is 17.6 Å². The number of carbonyl (C=O) groups is 2. The number of nitrogens with zero attached hydrogens (tertiary/aromatic N) is 1. The maximum atomic E-state index is 12.3. The summed E-state index contributed by atoms with van der Waals surface area (Å²) >= 11 is 3.04. The highest BCUT2D eigenvalue weighted by atomic mass is 32.2. The Morgan fingerprint density at radius 2 is 2.23 bits per heavy atom. The van der Waals surface area contributed by atoms with Crippen LogP contribution in [0.25, 0.3) is 0 Å². The number of rotatable bonds is 2. The van der Waals surface area contributed by atoms with Gasteiger partial charge in [0.25, 0.3) is 5.91 Å². The second-order valence-electron chi connectivity index (χ2n) is 5.24. The minimum Gasteiger partial charge on any atom is -0.324 e. The summed E-state index contributed by atoms with van der Waals surface area (Å²) in [6.07, 6.45) is 3.22. The van der Waals surface area contributed by atoms with Crippen molar-refractivity contribution in [1.29, 1.82) is 0 Å². The molecule has 112 valence electrons. The number of amides is 2. The maximum Gasteiger partial charge on any atom is 0.257 e. The lowest BCUT2D eigenvalue weighted by molar-refractivity contribution is -0.113. The van der Waals surface area contributed by atoms with E-state index in [0.717, 1.165) is 29.9 Å². The second-order valence-corrected chi connectivity index (χ2v) is 7.35. The van der Waals surface area contributed by atoms with E-state index >= 15 is 0 Å². The first-order valence-corrected chi connectivity index (χ1v) is 8.86. The molecule has 22 heavy (non-hydrogen) atoms. The second kappa shape index (κ2) is 5.40. The number of thiazole rings is 1. The number of aryl methyl sites for hydroxylation is 2. The molecule has 0 saturated heterocycles. The summed E-state index contributed by atoms with van der Waals surface area (Å²) in [4.78, 5) is 30.5. The molecular formula is C15H13N3O2S2. The highest BCUT2D eigenvalue weighted by molar-refractivity contribution is 8.00. The Morgan fingerprint density at radius 1 is 1.32 bits per heavy atom. The number of hydrogen-bond acceptors (Lipinski definition) is 5. The minimum atomic E-state index is -0.194. The highest BCUT2D eigenvalue weighted by Crippen LogP contribution is 2.33. The van der Waals surface area contributed by atoms with Crippen LogP contribution in [0.15, 0.2) is 23.1 Å². The molecule has 2 N–H and O–H groups in total. The first-order valence-electron chi connectivity index (χ1n) is 7.06. The Labute approximate surface area is 135 Å². The smallest absolute Gasteiger partial charge is 0.257 e. The third kappa shape index (κ3) is 2.50. The standard InChI is InChI=1S/C15H13N3O2S2/c19-13-7-21-11-5-4-8(6-10(11)16-13)14(20)18-15-17-9-2-1-3-12(9)22-15/h4-6H,1-3,7H2,(H,16,19)(H,17,18,20). The van der Waals surface area contributed by atoms with Gasteiger partial charge in [-0.2, -0.15) is 0 Å². The van der Waals surface area contributed by atoms with Gasteiger partial charge in [0.2, 0.25) is 5.91 Å². The first kappa shape index (κ1) is 13.8. The Morgan fingerprint density at radius 3 is 3.09 bits per heavy atom. The van der Waals surface area contributed by atoms with Crippen molar-refractivity contribution >= 4 is 45.7 Å². The molecule has 0 atom stereocenters. The predicted octanol–water partition coefficient (Wildman–Crippen LogP) is 2.93. The van der Waals surface area contributed by atoms with Crippen molar-refractivity contribution in [2.45, 2.75) is 24.2 Å². The van der Waals surface area contributed by atoms with E-state index in [1.807, 2.05) is 6.07 Å². The van der Waals surface area contributed by atoms with Crippen LogP contribution in [0.2, 0.25) is 0 Å². The molecule has 4 rings (SSSR count). The fraction of sp³-hybridized carbons (Fsp3) is 0.267. The maximum absolute atomic E-state index is 12.3. The molecule has 1 aromatic heterocycles. The van der Waals surface area contributed by atoms with Gasteiger partial charge in [-0.1, -0.05) is 0 Å². The third-order valence-electron chi connectivity index (χ3n) is 3.69. The molecule has 1 aromatic carbocycles. The van der Waals surface area contributed by atoms with Crippen LogP contribution < -0.4 is 10.6 Å². The largest absolute Gasteiger partial charge is 0.324 e. The molecular weight excluding hydrogens is 318 g/mol. The number of benzene rings is 1. The average Bonchev–Trinajstić information content (AvgIpc) is 3.07. The van der Waals surface area contributed by atoms with Crippen molar-refractivity contribution in [1.82, 2.24) is 4.98 Å². The minimum absolute atomic E-state index is 0.0357. The molecule has 7 heteroatoms. The van der Waals surface area contributed by atoms with Gasteiger partial charge in [-0.15, -0.1) is 23.1 Å². The molecule has 2 heterocycles. The van der Waals surface area contributed by atoms with E-state index in [9.17, 15) is 9.59 Å². The zero-order valence-corrected chi connectivity index (χ0v) is 13.3. The van der Waals surface area contributed by atoms with Crippen molar-refractivity contribution in [2.24, 2.45) is 0 Å². The number of carbonyl (C=O) groups excluding carboxylic acids is 2. The van der Waals surface area contributed by atoms with Crippen LogP contribution in [0.4, 0.5) is 10.8 Å². The van der Waals surface area contributed by atoms with E-state index < -0.39 is 0 Å². The van der Waals surface area contributed by atoms with E-state index in [1.54, 1.807) is 23.5 Å². The van der Waals surface area contributed by atoms with E-state index in [0.29, 0.717) is 22.1 Å². The first-order chi connectivity index (χ1) is 10.7. The normalized spacial score (nSPS) is 15.9. The number of nitrogens with one attached hydrogen (secondary N) is 2. The average molecular weight is 331 g/mol.